The van der Waals surface area contributed by atoms with Crippen molar-refractivity contribution in [2.24, 2.45) is 5.92 Å². The maximum absolute atomic E-state index is 15.8. The highest BCUT2D eigenvalue weighted by atomic mass is 19.3. The molecule has 0 radical (unpaired) electrons. The standard InChI is InChI=1S/C29H35F4N3O2/c1-3-4-9-34-14-21(15-34)28(38)20-10-22(30)26(23(31)11-20)27-25-12-19-7-5-6-8-24(19)35(25)13-18(2)36(27)16-29(32,33)17-37/h5-8,10-12,18,21,27-28,37-38H,3-4,9,13-17H2,1-2H3/t18-,27+,28+/m1/s1. The van der Waals surface area contributed by atoms with Crippen molar-refractivity contribution in [3.8, 4) is 0 Å². The molecule has 0 saturated carbocycles. The molecule has 0 amide bonds. The average molecular weight is 534 g/mol. The van der Waals surface area contributed by atoms with Crippen molar-refractivity contribution in [3.63, 3.8) is 0 Å². The Morgan fingerprint density at radius 2 is 1.74 bits per heavy atom. The van der Waals surface area contributed by atoms with E-state index in [1.807, 2.05) is 28.8 Å². The smallest absolute Gasteiger partial charge is 0.283 e. The van der Waals surface area contributed by atoms with Gasteiger partial charge in [0.25, 0.3) is 5.92 Å². The van der Waals surface area contributed by atoms with Gasteiger partial charge >= 0.3 is 0 Å². The zero-order valence-electron chi connectivity index (χ0n) is 21.8. The van der Waals surface area contributed by atoms with E-state index in [-0.39, 0.29) is 17.0 Å². The van der Waals surface area contributed by atoms with E-state index < -0.39 is 48.9 Å². The molecule has 5 rings (SSSR count). The van der Waals surface area contributed by atoms with Gasteiger partial charge in [-0.1, -0.05) is 31.5 Å². The molecule has 2 N–H and O–H groups in total. The molecule has 3 atom stereocenters. The molecule has 3 aromatic rings. The number of likely N-dealkylation sites (tertiary alicyclic amines) is 1. The van der Waals surface area contributed by atoms with Crippen molar-refractivity contribution in [3.05, 3.63) is 70.9 Å². The molecule has 2 aliphatic heterocycles. The van der Waals surface area contributed by atoms with Gasteiger partial charge in [0.15, 0.2) is 0 Å². The van der Waals surface area contributed by atoms with E-state index in [1.54, 1.807) is 13.0 Å². The third-order valence-electron chi connectivity index (χ3n) is 8.09. The summed E-state index contributed by atoms with van der Waals surface area (Å²) in [5, 5.41) is 21.0. The van der Waals surface area contributed by atoms with Gasteiger partial charge in [-0.2, -0.15) is 0 Å². The molecule has 0 spiro atoms. The first kappa shape index (κ1) is 27.1. The summed E-state index contributed by atoms with van der Waals surface area (Å²) in [4.78, 5) is 3.58. The topological polar surface area (TPSA) is 51.9 Å². The lowest BCUT2D eigenvalue weighted by atomic mass is 9.87. The van der Waals surface area contributed by atoms with E-state index in [2.05, 4.69) is 11.8 Å². The molecule has 206 valence electrons. The van der Waals surface area contributed by atoms with Crippen molar-refractivity contribution in [2.75, 3.05) is 32.8 Å². The Hall–Kier alpha value is -2.46. The Labute approximate surface area is 220 Å². The van der Waals surface area contributed by atoms with Crippen LogP contribution in [0.5, 0.6) is 0 Å². The number of unbranched alkanes of at least 4 members (excludes halogenated alkanes) is 1. The summed E-state index contributed by atoms with van der Waals surface area (Å²) in [5.74, 6) is -5.32. The number of alkyl halides is 2. The van der Waals surface area contributed by atoms with Crippen LogP contribution in [0.1, 0.15) is 55.7 Å². The summed E-state index contributed by atoms with van der Waals surface area (Å²) in [5.41, 5.74) is 1.19. The lowest BCUT2D eigenvalue weighted by Gasteiger charge is -2.43. The molecule has 0 unspecified atom stereocenters. The monoisotopic (exact) mass is 533 g/mol. The largest absolute Gasteiger partial charge is 0.390 e. The second kappa shape index (κ2) is 10.6. The molecule has 2 aliphatic rings. The van der Waals surface area contributed by atoms with Crippen molar-refractivity contribution in [1.82, 2.24) is 14.4 Å². The highest BCUT2D eigenvalue weighted by Gasteiger charge is 2.43. The SMILES string of the molecule is CCCCN1CC([C@@H](O)c2cc(F)c([C@@H]3c4cc5ccccc5n4C[C@@H](C)N3CC(F)(F)CO)c(F)c2)C1. The summed E-state index contributed by atoms with van der Waals surface area (Å²) in [7, 11) is 0. The summed E-state index contributed by atoms with van der Waals surface area (Å²) in [6, 6.07) is 9.94. The number of fused-ring (bicyclic) bond motifs is 3. The van der Waals surface area contributed by atoms with Crippen molar-refractivity contribution in [2.45, 2.75) is 57.3 Å². The summed E-state index contributed by atoms with van der Waals surface area (Å²) < 4.78 is 62.5. The van der Waals surface area contributed by atoms with Gasteiger partial charge < -0.3 is 19.7 Å². The number of aliphatic hydroxyl groups excluding tert-OH is 2. The van der Waals surface area contributed by atoms with Gasteiger partial charge in [0.05, 0.1) is 18.7 Å². The molecule has 1 saturated heterocycles. The fraction of sp³-hybridized carbons (Fsp3) is 0.517. The van der Waals surface area contributed by atoms with Gasteiger partial charge in [-0.3, -0.25) is 4.90 Å². The van der Waals surface area contributed by atoms with Crippen LogP contribution < -0.4 is 0 Å². The minimum absolute atomic E-state index is 0.117. The van der Waals surface area contributed by atoms with Crippen LogP contribution in [-0.4, -0.2) is 69.3 Å². The van der Waals surface area contributed by atoms with E-state index in [4.69, 9.17) is 0 Å². The van der Waals surface area contributed by atoms with Crippen LogP contribution in [0.4, 0.5) is 17.6 Å². The lowest BCUT2D eigenvalue weighted by molar-refractivity contribution is -0.0896. The minimum Gasteiger partial charge on any atom is -0.390 e. The minimum atomic E-state index is -3.45. The Bertz CT molecular complexity index is 1270. The van der Waals surface area contributed by atoms with E-state index in [0.717, 1.165) is 42.4 Å². The molecule has 2 aromatic carbocycles. The fourth-order valence-electron chi connectivity index (χ4n) is 6.02. The van der Waals surface area contributed by atoms with Crippen LogP contribution >= 0.6 is 0 Å². The molecule has 38 heavy (non-hydrogen) atoms. The van der Waals surface area contributed by atoms with E-state index in [9.17, 15) is 19.0 Å². The van der Waals surface area contributed by atoms with E-state index >= 15 is 8.78 Å². The number of benzene rings is 2. The average Bonchev–Trinajstić information content (AvgIpc) is 3.22. The predicted octanol–water partition coefficient (Wildman–Crippen LogP) is 5.11. The van der Waals surface area contributed by atoms with Gasteiger partial charge in [-0.25, -0.2) is 17.6 Å². The number of hydrogen-bond acceptors (Lipinski definition) is 4. The Kier molecular flexibility index (Phi) is 7.57. The highest BCUT2D eigenvalue weighted by molar-refractivity contribution is 5.82. The molecular weight excluding hydrogens is 498 g/mol. The summed E-state index contributed by atoms with van der Waals surface area (Å²) >= 11 is 0. The predicted molar refractivity (Wildman–Crippen MR) is 138 cm³/mol. The van der Waals surface area contributed by atoms with Gasteiger partial charge in [0, 0.05) is 48.4 Å². The maximum Gasteiger partial charge on any atom is 0.283 e. The Balaban J connectivity index is 1.53. The quantitative estimate of drug-likeness (QED) is 0.376. The number of para-hydroxylation sites is 1. The molecular formula is C29H35F4N3O2. The summed E-state index contributed by atoms with van der Waals surface area (Å²) in [6.45, 7) is 4.26. The molecule has 1 fully saturated rings. The van der Waals surface area contributed by atoms with Crippen LogP contribution in [0, 0.1) is 17.6 Å². The maximum atomic E-state index is 15.8. The van der Waals surface area contributed by atoms with Gasteiger partial charge in [0.2, 0.25) is 0 Å². The third-order valence-corrected chi connectivity index (χ3v) is 8.09. The van der Waals surface area contributed by atoms with Crippen LogP contribution in [-0.2, 0) is 6.54 Å². The number of aliphatic hydroxyl groups is 2. The van der Waals surface area contributed by atoms with E-state index in [1.165, 1.54) is 4.90 Å². The van der Waals surface area contributed by atoms with Gasteiger partial charge in [-0.05, 0) is 55.1 Å². The number of nitrogens with zero attached hydrogens (tertiary/aromatic N) is 3. The highest BCUT2D eigenvalue weighted by Crippen LogP contribution is 2.42. The third kappa shape index (κ3) is 4.97. The van der Waals surface area contributed by atoms with Crippen molar-refractivity contribution >= 4 is 10.9 Å². The van der Waals surface area contributed by atoms with Crippen LogP contribution in [0.2, 0.25) is 0 Å². The first-order valence-electron chi connectivity index (χ1n) is 13.4. The normalized spacial score (nSPS) is 22.0. The second-order valence-electron chi connectivity index (χ2n) is 10.9. The van der Waals surface area contributed by atoms with Crippen LogP contribution in [0.15, 0.2) is 42.5 Å². The fourth-order valence-corrected chi connectivity index (χ4v) is 6.02. The Morgan fingerprint density at radius 1 is 1.05 bits per heavy atom. The molecule has 9 heteroatoms. The summed E-state index contributed by atoms with van der Waals surface area (Å²) in [6.07, 6.45) is 1.11. The van der Waals surface area contributed by atoms with E-state index in [0.29, 0.717) is 25.3 Å². The van der Waals surface area contributed by atoms with Crippen LogP contribution in [0.25, 0.3) is 10.9 Å². The number of rotatable bonds is 9. The molecule has 5 nitrogen and oxygen atoms in total. The molecule has 1 aromatic heterocycles. The van der Waals surface area contributed by atoms with Gasteiger partial charge in [-0.15, -0.1) is 0 Å². The van der Waals surface area contributed by atoms with Gasteiger partial charge in [0.1, 0.15) is 18.2 Å². The van der Waals surface area contributed by atoms with Crippen molar-refractivity contribution < 1.29 is 27.8 Å². The number of halogens is 4. The zero-order chi connectivity index (χ0) is 27.2. The Morgan fingerprint density at radius 3 is 2.39 bits per heavy atom. The molecule has 0 bridgehead atoms. The molecule has 3 heterocycles. The second-order valence-corrected chi connectivity index (χ2v) is 10.9. The first-order chi connectivity index (χ1) is 18.1. The lowest BCUT2D eigenvalue weighted by Crippen LogP contribution is -2.51. The zero-order valence-corrected chi connectivity index (χ0v) is 21.8. The number of hydrogen-bond donors (Lipinski definition) is 2. The molecule has 0 aliphatic carbocycles. The van der Waals surface area contributed by atoms with Crippen molar-refractivity contribution in [1.29, 1.82) is 0 Å². The van der Waals surface area contributed by atoms with Crippen LogP contribution in [0.3, 0.4) is 0 Å². The first-order valence-corrected chi connectivity index (χ1v) is 13.4. The number of aromatic nitrogens is 1.